The van der Waals surface area contributed by atoms with E-state index in [0.717, 1.165) is 19.5 Å². The molecule has 1 amide bonds. The Morgan fingerprint density at radius 1 is 1.60 bits per heavy atom. The number of carbonyl (C=O) groups excluding carboxylic acids is 1. The van der Waals surface area contributed by atoms with Crippen molar-refractivity contribution in [3.05, 3.63) is 24.4 Å². The number of pyridine rings is 1. The highest BCUT2D eigenvalue weighted by Crippen LogP contribution is 2.25. The zero-order chi connectivity index (χ0) is 10.7. The maximum atomic E-state index is 11.9. The summed E-state index contributed by atoms with van der Waals surface area (Å²) in [6, 6.07) is 5.48. The third-order valence-electron chi connectivity index (χ3n) is 2.82. The second kappa shape index (κ2) is 3.98. The van der Waals surface area contributed by atoms with Crippen LogP contribution < -0.4 is 10.6 Å². The molecule has 1 aromatic rings. The van der Waals surface area contributed by atoms with Crippen molar-refractivity contribution in [2.75, 3.05) is 18.4 Å². The number of anilines is 1. The molecule has 1 atom stereocenters. The zero-order valence-corrected chi connectivity index (χ0v) is 8.79. The van der Waals surface area contributed by atoms with Gasteiger partial charge in [-0.05, 0) is 32.0 Å². The van der Waals surface area contributed by atoms with Gasteiger partial charge in [0.15, 0.2) is 0 Å². The highest BCUT2D eigenvalue weighted by Gasteiger charge is 2.36. The minimum atomic E-state index is -0.294. The highest BCUT2D eigenvalue weighted by atomic mass is 16.2. The van der Waals surface area contributed by atoms with Crippen LogP contribution in [-0.2, 0) is 4.79 Å². The van der Waals surface area contributed by atoms with Crippen molar-refractivity contribution in [3.63, 3.8) is 0 Å². The second-order valence-electron chi connectivity index (χ2n) is 4.16. The monoisotopic (exact) mass is 205 g/mol. The van der Waals surface area contributed by atoms with Crippen LogP contribution in [0.1, 0.15) is 13.3 Å². The lowest BCUT2D eigenvalue weighted by Crippen LogP contribution is -2.35. The smallest absolute Gasteiger partial charge is 0.232 e. The van der Waals surface area contributed by atoms with Gasteiger partial charge < -0.3 is 10.6 Å². The Bertz CT molecular complexity index is 344. The first-order valence-electron chi connectivity index (χ1n) is 5.14. The highest BCUT2D eigenvalue weighted by molar-refractivity contribution is 5.94. The molecule has 4 nitrogen and oxygen atoms in total. The van der Waals surface area contributed by atoms with Crippen molar-refractivity contribution >= 4 is 11.7 Å². The molecule has 2 rings (SSSR count). The van der Waals surface area contributed by atoms with Crippen LogP contribution in [0.25, 0.3) is 0 Å². The SMILES string of the molecule is CC1(C(=O)Nc2ccccn2)CCNC1. The van der Waals surface area contributed by atoms with Gasteiger partial charge in [0.2, 0.25) is 5.91 Å². The van der Waals surface area contributed by atoms with E-state index in [1.807, 2.05) is 19.1 Å². The zero-order valence-electron chi connectivity index (χ0n) is 8.79. The molecular formula is C11H15N3O. The lowest BCUT2D eigenvalue weighted by atomic mass is 9.89. The molecule has 0 saturated carbocycles. The van der Waals surface area contributed by atoms with Gasteiger partial charge in [-0.3, -0.25) is 4.79 Å². The summed E-state index contributed by atoms with van der Waals surface area (Å²) in [7, 11) is 0. The van der Waals surface area contributed by atoms with E-state index in [-0.39, 0.29) is 11.3 Å². The summed E-state index contributed by atoms with van der Waals surface area (Å²) in [4.78, 5) is 16.0. The number of hydrogen-bond donors (Lipinski definition) is 2. The number of hydrogen-bond acceptors (Lipinski definition) is 3. The lowest BCUT2D eigenvalue weighted by Gasteiger charge is -2.20. The molecule has 2 heterocycles. The fourth-order valence-electron chi connectivity index (χ4n) is 1.71. The second-order valence-corrected chi connectivity index (χ2v) is 4.16. The maximum Gasteiger partial charge on any atom is 0.232 e. The van der Waals surface area contributed by atoms with E-state index in [0.29, 0.717) is 5.82 Å². The summed E-state index contributed by atoms with van der Waals surface area (Å²) in [5, 5.41) is 6.03. The maximum absolute atomic E-state index is 11.9. The van der Waals surface area contributed by atoms with Gasteiger partial charge in [0.1, 0.15) is 5.82 Å². The Morgan fingerprint density at radius 2 is 2.47 bits per heavy atom. The van der Waals surface area contributed by atoms with Gasteiger partial charge >= 0.3 is 0 Å². The topological polar surface area (TPSA) is 54.0 Å². The molecule has 2 N–H and O–H groups in total. The normalized spacial score (nSPS) is 25.1. The van der Waals surface area contributed by atoms with Gasteiger partial charge in [0.05, 0.1) is 5.41 Å². The Kier molecular flexibility index (Phi) is 2.68. The Labute approximate surface area is 89.1 Å². The predicted molar refractivity (Wildman–Crippen MR) is 58.5 cm³/mol. The molecule has 1 aliphatic rings. The van der Waals surface area contributed by atoms with E-state index in [2.05, 4.69) is 15.6 Å². The third kappa shape index (κ3) is 2.15. The van der Waals surface area contributed by atoms with Crippen molar-refractivity contribution in [2.45, 2.75) is 13.3 Å². The fraction of sp³-hybridized carbons (Fsp3) is 0.455. The van der Waals surface area contributed by atoms with Crippen molar-refractivity contribution in [3.8, 4) is 0 Å². The van der Waals surface area contributed by atoms with Gasteiger partial charge in [-0.1, -0.05) is 6.07 Å². The van der Waals surface area contributed by atoms with Crippen LogP contribution >= 0.6 is 0 Å². The van der Waals surface area contributed by atoms with Crippen molar-refractivity contribution < 1.29 is 4.79 Å². The van der Waals surface area contributed by atoms with Crippen LogP contribution in [0, 0.1) is 5.41 Å². The molecule has 4 heteroatoms. The molecule has 15 heavy (non-hydrogen) atoms. The molecule has 0 bridgehead atoms. The average molecular weight is 205 g/mol. The number of nitrogens with zero attached hydrogens (tertiary/aromatic N) is 1. The van der Waals surface area contributed by atoms with Crippen LogP contribution in [0.3, 0.4) is 0 Å². The first-order valence-corrected chi connectivity index (χ1v) is 5.14. The molecule has 1 fully saturated rings. The van der Waals surface area contributed by atoms with E-state index in [1.165, 1.54) is 0 Å². The molecular weight excluding hydrogens is 190 g/mol. The largest absolute Gasteiger partial charge is 0.316 e. The molecule has 1 aromatic heterocycles. The van der Waals surface area contributed by atoms with E-state index in [4.69, 9.17) is 0 Å². The van der Waals surface area contributed by atoms with Crippen molar-refractivity contribution in [2.24, 2.45) is 5.41 Å². The molecule has 1 saturated heterocycles. The summed E-state index contributed by atoms with van der Waals surface area (Å²) in [6.07, 6.45) is 2.55. The number of carbonyl (C=O) groups is 1. The number of nitrogens with one attached hydrogen (secondary N) is 2. The van der Waals surface area contributed by atoms with Crippen LogP contribution in [0.5, 0.6) is 0 Å². The Hall–Kier alpha value is -1.42. The third-order valence-corrected chi connectivity index (χ3v) is 2.82. The number of rotatable bonds is 2. The fourth-order valence-corrected chi connectivity index (χ4v) is 1.71. The van der Waals surface area contributed by atoms with Crippen molar-refractivity contribution in [1.82, 2.24) is 10.3 Å². The minimum Gasteiger partial charge on any atom is -0.316 e. The van der Waals surface area contributed by atoms with E-state index in [1.54, 1.807) is 12.3 Å². The standard InChI is InChI=1S/C11H15N3O/c1-11(5-7-12-8-11)10(15)14-9-4-2-3-6-13-9/h2-4,6,12H,5,7-8H2,1H3,(H,13,14,15). The van der Waals surface area contributed by atoms with Gasteiger partial charge in [-0.2, -0.15) is 0 Å². The van der Waals surface area contributed by atoms with Crippen LogP contribution in [0.4, 0.5) is 5.82 Å². The van der Waals surface area contributed by atoms with Crippen LogP contribution in [0.15, 0.2) is 24.4 Å². The summed E-state index contributed by atoms with van der Waals surface area (Å²) in [6.45, 7) is 3.63. The van der Waals surface area contributed by atoms with Gasteiger partial charge in [0, 0.05) is 12.7 Å². The van der Waals surface area contributed by atoms with Crippen molar-refractivity contribution in [1.29, 1.82) is 0 Å². The summed E-state index contributed by atoms with van der Waals surface area (Å²) in [5.41, 5.74) is -0.294. The Morgan fingerprint density at radius 3 is 3.07 bits per heavy atom. The average Bonchev–Trinajstić information content (AvgIpc) is 2.68. The molecule has 0 radical (unpaired) electrons. The molecule has 1 aliphatic heterocycles. The minimum absolute atomic E-state index is 0.0474. The first-order chi connectivity index (χ1) is 7.21. The molecule has 80 valence electrons. The van der Waals surface area contributed by atoms with E-state index in [9.17, 15) is 4.79 Å². The molecule has 1 unspecified atom stereocenters. The summed E-state index contributed by atoms with van der Waals surface area (Å²) < 4.78 is 0. The van der Waals surface area contributed by atoms with E-state index < -0.39 is 0 Å². The lowest BCUT2D eigenvalue weighted by molar-refractivity contribution is -0.123. The summed E-state index contributed by atoms with van der Waals surface area (Å²) in [5.74, 6) is 0.668. The molecule has 0 aliphatic carbocycles. The molecule has 0 spiro atoms. The van der Waals surface area contributed by atoms with Gasteiger partial charge in [-0.25, -0.2) is 4.98 Å². The van der Waals surface area contributed by atoms with Crippen LogP contribution in [-0.4, -0.2) is 24.0 Å². The number of aromatic nitrogens is 1. The first kappa shape index (κ1) is 10.1. The van der Waals surface area contributed by atoms with Gasteiger partial charge in [-0.15, -0.1) is 0 Å². The predicted octanol–water partition coefficient (Wildman–Crippen LogP) is 1.02. The van der Waals surface area contributed by atoms with E-state index >= 15 is 0 Å². The quantitative estimate of drug-likeness (QED) is 0.758. The molecule has 0 aromatic carbocycles. The summed E-state index contributed by atoms with van der Waals surface area (Å²) >= 11 is 0. The van der Waals surface area contributed by atoms with Crippen LogP contribution in [0.2, 0.25) is 0 Å². The Balaban J connectivity index is 2.04. The van der Waals surface area contributed by atoms with Gasteiger partial charge in [0.25, 0.3) is 0 Å². The number of amides is 1.